The molecule has 1 N–H and O–H groups in total. The Morgan fingerprint density at radius 1 is 1.53 bits per heavy atom. The standard InChI is InChI=1S/C12H15FN2O4/c1-12(2,7-19-3)14-11(16)8-4-5-10(15(17)18)9(13)6-8/h4-6H,7H2,1-3H3,(H,14,16). The number of carbonyl (C=O) groups excluding carboxylic acids is 1. The zero-order chi connectivity index (χ0) is 14.6. The van der Waals surface area contributed by atoms with Crippen molar-refractivity contribution >= 4 is 11.6 Å². The third-order valence-electron chi connectivity index (χ3n) is 2.36. The summed E-state index contributed by atoms with van der Waals surface area (Å²) < 4.78 is 18.3. The first-order valence-electron chi connectivity index (χ1n) is 5.52. The molecule has 1 rings (SSSR count). The van der Waals surface area contributed by atoms with E-state index >= 15 is 0 Å². The van der Waals surface area contributed by atoms with Gasteiger partial charge in [0.05, 0.1) is 17.1 Å². The summed E-state index contributed by atoms with van der Waals surface area (Å²) in [5, 5.41) is 13.1. The van der Waals surface area contributed by atoms with Crippen molar-refractivity contribution in [1.82, 2.24) is 5.32 Å². The number of halogens is 1. The Bertz CT molecular complexity index is 503. The number of ether oxygens (including phenoxy) is 1. The number of methoxy groups -OCH3 is 1. The predicted molar refractivity (Wildman–Crippen MR) is 66.5 cm³/mol. The predicted octanol–water partition coefficient (Wildman–Crippen LogP) is 1.89. The van der Waals surface area contributed by atoms with Gasteiger partial charge in [-0.3, -0.25) is 14.9 Å². The van der Waals surface area contributed by atoms with Gasteiger partial charge in [-0.25, -0.2) is 0 Å². The number of carbonyl (C=O) groups is 1. The first-order valence-corrected chi connectivity index (χ1v) is 5.52. The summed E-state index contributed by atoms with van der Waals surface area (Å²) >= 11 is 0. The Labute approximate surface area is 109 Å². The van der Waals surface area contributed by atoms with Crippen LogP contribution in [-0.2, 0) is 4.74 Å². The van der Waals surface area contributed by atoms with E-state index in [1.54, 1.807) is 13.8 Å². The molecule has 0 unspecified atom stereocenters. The maximum Gasteiger partial charge on any atom is 0.304 e. The Morgan fingerprint density at radius 2 is 2.16 bits per heavy atom. The lowest BCUT2D eigenvalue weighted by Gasteiger charge is -2.25. The molecule has 0 aliphatic rings. The highest BCUT2D eigenvalue weighted by atomic mass is 19.1. The molecule has 104 valence electrons. The van der Waals surface area contributed by atoms with Gasteiger partial charge in [-0.1, -0.05) is 0 Å². The number of nitro groups is 1. The topological polar surface area (TPSA) is 81.5 Å². The van der Waals surface area contributed by atoms with E-state index in [4.69, 9.17) is 4.74 Å². The molecule has 0 aliphatic heterocycles. The lowest BCUT2D eigenvalue weighted by Crippen LogP contribution is -2.46. The highest BCUT2D eigenvalue weighted by Gasteiger charge is 2.23. The van der Waals surface area contributed by atoms with Crippen molar-refractivity contribution in [3.05, 3.63) is 39.7 Å². The van der Waals surface area contributed by atoms with Crippen LogP contribution in [-0.4, -0.2) is 30.1 Å². The number of rotatable bonds is 5. The fourth-order valence-electron chi connectivity index (χ4n) is 1.57. The summed E-state index contributed by atoms with van der Waals surface area (Å²) in [6.07, 6.45) is 0. The van der Waals surface area contributed by atoms with Gasteiger partial charge < -0.3 is 10.1 Å². The molecule has 0 aromatic heterocycles. The number of nitro benzene ring substituents is 1. The average molecular weight is 270 g/mol. The van der Waals surface area contributed by atoms with Crippen LogP contribution >= 0.6 is 0 Å². The molecule has 6 nitrogen and oxygen atoms in total. The van der Waals surface area contributed by atoms with Crippen LogP contribution in [0, 0.1) is 15.9 Å². The molecular formula is C12H15FN2O4. The van der Waals surface area contributed by atoms with Crippen molar-refractivity contribution in [2.24, 2.45) is 0 Å². The van der Waals surface area contributed by atoms with Crippen molar-refractivity contribution in [2.75, 3.05) is 13.7 Å². The highest BCUT2D eigenvalue weighted by Crippen LogP contribution is 2.18. The summed E-state index contributed by atoms with van der Waals surface area (Å²) in [7, 11) is 1.50. The average Bonchev–Trinajstić information content (AvgIpc) is 2.27. The van der Waals surface area contributed by atoms with Gasteiger partial charge in [-0.2, -0.15) is 4.39 Å². The molecule has 1 aromatic carbocycles. The summed E-state index contributed by atoms with van der Waals surface area (Å²) in [6, 6.07) is 3.02. The summed E-state index contributed by atoms with van der Waals surface area (Å²) in [5.41, 5.74) is -1.26. The minimum absolute atomic E-state index is 0.0206. The third kappa shape index (κ3) is 3.99. The maximum atomic E-state index is 13.4. The van der Waals surface area contributed by atoms with E-state index in [1.807, 2.05) is 0 Å². The molecule has 0 atom stereocenters. The summed E-state index contributed by atoms with van der Waals surface area (Å²) in [4.78, 5) is 21.5. The Kier molecular flexibility index (Phi) is 4.55. The number of nitrogens with zero attached hydrogens (tertiary/aromatic N) is 1. The molecule has 0 aliphatic carbocycles. The van der Waals surface area contributed by atoms with E-state index in [2.05, 4.69) is 5.32 Å². The van der Waals surface area contributed by atoms with Gasteiger partial charge in [0.15, 0.2) is 0 Å². The smallest absolute Gasteiger partial charge is 0.304 e. The van der Waals surface area contributed by atoms with Crippen LogP contribution in [0.2, 0.25) is 0 Å². The Morgan fingerprint density at radius 3 is 2.63 bits per heavy atom. The molecule has 0 bridgehead atoms. The molecule has 1 amide bonds. The largest absolute Gasteiger partial charge is 0.382 e. The van der Waals surface area contributed by atoms with Crippen LogP contribution in [0.5, 0.6) is 0 Å². The second-order valence-electron chi connectivity index (χ2n) is 4.69. The normalized spacial score (nSPS) is 11.2. The van der Waals surface area contributed by atoms with E-state index in [9.17, 15) is 19.3 Å². The van der Waals surface area contributed by atoms with Gasteiger partial charge in [-0.05, 0) is 26.0 Å². The van der Waals surface area contributed by atoms with E-state index in [0.717, 1.165) is 12.1 Å². The SMILES string of the molecule is COCC(C)(C)NC(=O)c1ccc([N+](=O)[O-])c(F)c1. The van der Waals surface area contributed by atoms with Crippen LogP contribution in [0.15, 0.2) is 18.2 Å². The molecule has 0 fully saturated rings. The molecule has 0 radical (unpaired) electrons. The fourth-order valence-corrected chi connectivity index (χ4v) is 1.57. The van der Waals surface area contributed by atoms with Gasteiger partial charge >= 0.3 is 5.69 Å². The third-order valence-corrected chi connectivity index (χ3v) is 2.36. The van der Waals surface area contributed by atoms with Gasteiger partial charge in [0.2, 0.25) is 5.82 Å². The minimum Gasteiger partial charge on any atom is -0.382 e. The number of benzene rings is 1. The summed E-state index contributed by atoms with van der Waals surface area (Å²) in [6.45, 7) is 3.78. The fraction of sp³-hybridized carbons (Fsp3) is 0.417. The van der Waals surface area contributed by atoms with Crippen molar-refractivity contribution in [1.29, 1.82) is 0 Å². The van der Waals surface area contributed by atoms with Crippen molar-refractivity contribution < 1.29 is 18.8 Å². The van der Waals surface area contributed by atoms with Crippen LogP contribution < -0.4 is 5.32 Å². The molecule has 0 spiro atoms. The molecule has 0 heterocycles. The van der Waals surface area contributed by atoms with Crippen molar-refractivity contribution in [3.63, 3.8) is 0 Å². The molecular weight excluding hydrogens is 255 g/mol. The second kappa shape index (κ2) is 5.75. The van der Waals surface area contributed by atoms with Crippen molar-refractivity contribution in [3.8, 4) is 0 Å². The zero-order valence-electron chi connectivity index (χ0n) is 10.9. The molecule has 0 saturated heterocycles. The molecule has 1 aromatic rings. The number of hydrogen-bond acceptors (Lipinski definition) is 4. The van der Waals surface area contributed by atoms with E-state index in [-0.39, 0.29) is 12.2 Å². The van der Waals surface area contributed by atoms with Gasteiger partial charge in [0, 0.05) is 18.7 Å². The highest BCUT2D eigenvalue weighted by molar-refractivity contribution is 5.94. The number of amides is 1. The number of nitrogens with one attached hydrogen (secondary N) is 1. The maximum absolute atomic E-state index is 13.4. The van der Waals surface area contributed by atoms with Crippen LogP contribution in [0.3, 0.4) is 0 Å². The first-order chi connectivity index (χ1) is 8.76. The molecule has 19 heavy (non-hydrogen) atoms. The van der Waals surface area contributed by atoms with Crippen molar-refractivity contribution in [2.45, 2.75) is 19.4 Å². The van der Waals surface area contributed by atoms with Gasteiger partial charge in [-0.15, -0.1) is 0 Å². The Balaban J connectivity index is 2.90. The zero-order valence-corrected chi connectivity index (χ0v) is 10.9. The summed E-state index contributed by atoms with van der Waals surface area (Å²) in [5.74, 6) is -1.56. The van der Waals surface area contributed by atoms with E-state index in [0.29, 0.717) is 0 Å². The Hall–Kier alpha value is -2.02. The van der Waals surface area contributed by atoms with Gasteiger partial charge in [0.1, 0.15) is 0 Å². The van der Waals surface area contributed by atoms with Crippen LogP contribution in [0.25, 0.3) is 0 Å². The molecule has 0 saturated carbocycles. The van der Waals surface area contributed by atoms with E-state index < -0.39 is 27.9 Å². The van der Waals surface area contributed by atoms with Gasteiger partial charge in [0.25, 0.3) is 5.91 Å². The quantitative estimate of drug-likeness (QED) is 0.654. The molecule has 7 heteroatoms. The minimum atomic E-state index is -1.04. The second-order valence-corrected chi connectivity index (χ2v) is 4.69. The lowest BCUT2D eigenvalue weighted by molar-refractivity contribution is -0.387. The van der Waals surface area contributed by atoms with E-state index in [1.165, 1.54) is 13.2 Å². The van der Waals surface area contributed by atoms with Crippen LogP contribution in [0.4, 0.5) is 10.1 Å². The first kappa shape index (κ1) is 15.0. The number of hydrogen-bond donors (Lipinski definition) is 1. The van der Waals surface area contributed by atoms with Crippen LogP contribution in [0.1, 0.15) is 24.2 Å². The lowest BCUT2D eigenvalue weighted by atomic mass is 10.1. The monoisotopic (exact) mass is 270 g/mol.